The topological polar surface area (TPSA) is 41.5 Å². The smallest absolute Gasteiger partial charge is 0.0821 e. The first-order valence-corrected chi connectivity index (χ1v) is 4.52. The van der Waals surface area contributed by atoms with Crippen molar-refractivity contribution in [2.75, 3.05) is 7.05 Å². The van der Waals surface area contributed by atoms with Crippen molar-refractivity contribution in [3.05, 3.63) is 0 Å². The van der Waals surface area contributed by atoms with Crippen LogP contribution in [0, 0.1) is 0 Å². The number of hydrogen-bond acceptors (Lipinski definition) is 3. The zero-order chi connectivity index (χ0) is 9.35. The molecule has 0 spiro atoms. The molecule has 1 saturated heterocycles. The molecule has 0 saturated carbocycles. The molecule has 1 aliphatic rings. The van der Waals surface area contributed by atoms with Crippen molar-refractivity contribution in [1.29, 1.82) is 0 Å². The number of hydrogen-bond donors (Lipinski definition) is 2. The van der Waals surface area contributed by atoms with E-state index < -0.39 is 5.60 Å². The molecule has 0 amide bonds. The minimum atomic E-state index is -0.647. The van der Waals surface area contributed by atoms with Crippen LogP contribution in [-0.4, -0.2) is 36.0 Å². The predicted octanol–water partition coefficient (Wildman–Crippen LogP) is 0.523. The Hall–Kier alpha value is -0.120. The fraction of sp³-hybridized carbons (Fsp3) is 1.00. The van der Waals surface area contributed by atoms with E-state index in [9.17, 15) is 5.11 Å². The van der Waals surface area contributed by atoms with Gasteiger partial charge in [0.25, 0.3) is 0 Å². The van der Waals surface area contributed by atoms with E-state index in [0.29, 0.717) is 6.42 Å². The molecule has 0 bridgehead atoms. The van der Waals surface area contributed by atoms with E-state index in [0.717, 1.165) is 0 Å². The summed E-state index contributed by atoms with van der Waals surface area (Å²) >= 11 is 0. The molecule has 0 radical (unpaired) electrons. The summed E-state index contributed by atoms with van der Waals surface area (Å²) in [7, 11) is 1.86. The van der Waals surface area contributed by atoms with Gasteiger partial charge in [0.2, 0.25) is 0 Å². The van der Waals surface area contributed by atoms with Crippen molar-refractivity contribution in [2.45, 2.75) is 51.0 Å². The zero-order valence-electron chi connectivity index (χ0n) is 8.29. The average Bonchev–Trinajstić information content (AvgIpc) is 1.82. The van der Waals surface area contributed by atoms with Crippen LogP contribution in [0.3, 0.4) is 0 Å². The molecule has 0 aromatic rings. The fourth-order valence-corrected chi connectivity index (χ4v) is 2.25. The molecule has 1 fully saturated rings. The van der Waals surface area contributed by atoms with Gasteiger partial charge in [-0.15, -0.1) is 0 Å². The highest BCUT2D eigenvalue weighted by Gasteiger charge is 2.41. The quantitative estimate of drug-likeness (QED) is 0.607. The van der Waals surface area contributed by atoms with E-state index in [2.05, 4.69) is 5.32 Å². The Morgan fingerprint density at radius 3 is 2.50 bits per heavy atom. The summed E-state index contributed by atoms with van der Waals surface area (Å²) in [5.41, 5.74) is -0.647. The predicted molar refractivity (Wildman–Crippen MR) is 48.1 cm³/mol. The first-order chi connectivity index (χ1) is 5.47. The van der Waals surface area contributed by atoms with E-state index in [1.54, 1.807) is 0 Å². The number of likely N-dealkylation sites (N-methyl/N-ethyl adjacent to an activating group) is 1. The second-order valence-electron chi connectivity index (χ2n) is 3.98. The first kappa shape index (κ1) is 9.96. The lowest BCUT2D eigenvalue weighted by Crippen LogP contribution is -2.59. The molecule has 3 heteroatoms. The summed E-state index contributed by atoms with van der Waals surface area (Å²) in [6.45, 7) is 5.85. The van der Waals surface area contributed by atoms with Gasteiger partial charge in [0.05, 0.1) is 23.9 Å². The van der Waals surface area contributed by atoms with E-state index in [1.807, 2.05) is 27.8 Å². The monoisotopic (exact) mass is 173 g/mol. The van der Waals surface area contributed by atoms with Gasteiger partial charge in [0.15, 0.2) is 0 Å². The number of rotatable bonds is 1. The molecule has 0 aliphatic carbocycles. The Balaban J connectivity index is 2.71. The standard InChI is InChI=1S/C9H19NO2/c1-6-5-9(3,11)8(10-4)7(2)12-6/h6-8,10-11H,5H2,1-4H3/t6-,7-,8+,9-/m0/s1. The van der Waals surface area contributed by atoms with Crippen LogP contribution in [0.2, 0.25) is 0 Å². The van der Waals surface area contributed by atoms with Crippen LogP contribution < -0.4 is 5.32 Å². The molecule has 2 N–H and O–H groups in total. The third kappa shape index (κ3) is 1.79. The van der Waals surface area contributed by atoms with Gasteiger partial charge in [-0.2, -0.15) is 0 Å². The molecule has 0 aromatic carbocycles. The van der Waals surface area contributed by atoms with Gasteiger partial charge < -0.3 is 15.2 Å². The largest absolute Gasteiger partial charge is 0.388 e. The molecule has 0 unspecified atom stereocenters. The molecule has 12 heavy (non-hydrogen) atoms. The number of nitrogens with one attached hydrogen (secondary N) is 1. The molecule has 72 valence electrons. The third-order valence-corrected chi connectivity index (χ3v) is 2.60. The highest BCUT2D eigenvalue weighted by atomic mass is 16.5. The highest BCUT2D eigenvalue weighted by molar-refractivity contribution is 4.96. The van der Waals surface area contributed by atoms with Crippen molar-refractivity contribution in [2.24, 2.45) is 0 Å². The minimum Gasteiger partial charge on any atom is -0.388 e. The molecular weight excluding hydrogens is 154 g/mol. The lowest BCUT2D eigenvalue weighted by molar-refractivity contribution is -0.145. The Kier molecular flexibility index (Phi) is 2.76. The van der Waals surface area contributed by atoms with Crippen molar-refractivity contribution in [3.63, 3.8) is 0 Å². The maximum Gasteiger partial charge on any atom is 0.0821 e. The van der Waals surface area contributed by atoms with E-state index in [1.165, 1.54) is 0 Å². The van der Waals surface area contributed by atoms with Crippen LogP contribution in [0.4, 0.5) is 0 Å². The van der Waals surface area contributed by atoms with E-state index >= 15 is 0 Å². The van der Waals surface area contributed by atoms with Crippen LogP contribution in [-0.2, 0) is 4.74 Å². The van der Waals surface area contributed by atoms with Crippen molar-refractivity contribution in [1.82, 2.24) is 5.32 Å². The molecular formula is C9H19NO2. The zero-order valence-corrected chi connectivity index (χ0v) is 8.29. The second kappa shape index (κ2) is 3.32. The Morgan fingerprint density at radius 2 is 2.08 bits per heavy atom. The summed E-state index contributed by atoms with van der Waals surface area (Å²) in [5, 5.41) is 13.1. The normalized spacial score (nSPS) is 49.2. The highest BCUT2D eigenvalue weighted by Crippen LogP contribution is 2.28. The fourth-order valence-electron chi connectivity index (χ4n) is 2.25. The SMILES string of the molecule is CN[C@@H]1[C@H](C)O[C@@H](C)C[C@]1(C)O. The van der Waals surface area contributed by atoms with Gasteiger partial charge in [0.1, 0.15) is 0 Å². The van der Waals surface area contributed by atoms with E-state index in [4.69, 9.17) is 4.74 Å². The van der Waals surface area contributed by atoms with Crippen molar-refractivity contribution >= 4 is 0 Å². The summed E-state index contributed by atoms with van der Waals surface area (Å²) < 4.78 is 5.60. The number of ether oxygens (including phenoxy) is 1. The molecule has 1 heterocycles. The van der Waals surface area contributed by atoms with Gasteiger partial charge in [-0.05, 0) is 27.8 Å². The van der Waals surface area contributed by atoms with Crippen molar-refractivity contribution in [3.8, 4) is 0 Å². The maximum absolute atomic E-state index is 10.0. The average molecular weight is 173 g/mol. The molecule has 3 nitrogen and oxygen atoms in total. The van der Waals surface area contributed by atoms with Crippen molar-refractivity contribution < 1.29 is 9.84 Å². The summed E-state index contributed by atoms with van der Waals surface area (Å²) in [5.74, 6) is 0. The van der Waals surface area contributed by atoms with Gasteiger partial charge in [-0.25, -0.2) is 0 Å². The van der Waals surface area contributed by atoms with Crippen LogP contribution in [0.1, 0.15) is 27.2 Å². The lowest BCUT2D eigenvalue weighted by Gasteiger charge is -2.43. The van der Waals surface area contributed by atoms with E-state index in [-0.39, 0.29) is 18.2 Å². The van der Waals surface area contributed by atoms with Gasteiger partial charge in [-0.1, -0.05) is 0 Å². The number of aliphatic hydroxyl groups is 1. The summed E-state index contributed by atoms with van der Waals surface area (Å²) in [6.07, 6.45) is 0.927. The third-order valence-electron chi connectivity index (χ3n) is 2.60. The molecule has 4 atom stereocenters. The summed E-state index contributed by atoms with van der Waals surface area (Å²) in [4.78, 5) is 0. The van der Waals surface area contributed by atoms with Gasteiger partial charge in [0, 0.05) is 6.42 Å². The first-order valence-electron chi connectivity index (χ1n) is 4.52. The van der Waals surface area contributed by atoms with Crippen LogP contribution in [0.15, 0.2) is 0 Å². The Labute approximate surface area is 74.1 Å². The maximum atomic E-state index is 10.0. The molecule has 1 rings (SSSR count). The van der Waals surface area contributed by atoms with Gasteiger partial charge >= 0.3 is 0 Å². The second-order valence-corrected chi connectivity index (χ2v) is 3.98. The Morgan fingerprint density at radius 1 is 1.50 bits per heavy atom. The van der Waals surface area contributed by atoms with Crippen LogP contribution in [0.25, 0.3) is 0 Å². The van der Waals surface area contributed by atoms with Crippen LogP contribution in [0.5, 0.6) is 0 Å². The lowest BCUT2D eigenvalue weighted by atomic mass is 9.84. The Bertz CT molecular complexity index is 159. The minimum absolute atomic E-state index is 0.0358. The molecule has 0 aromatic heterocycles. The molecule has 1 aliphatic heterocycles. The summed E-state index contributed by atoms with van der Waals surface area (Å²) in [6, 6.07) is 0.0358. The van der Waals surface area contributed by atoms with Crippen LogP contribution >= 0.6 is 0 Å². The van der Waals surface area contributed by atoms with Gasteiger partial charge in [-0.3, -0.25) is 0 Å².